The third-order valence-electron chi connectivity index (χ3n) is 4.54. The molecule has 0 aromatic carbocycles. The summed E-state index contributed by atoms with van der Waals surface area (Å²) in [6.45, 7) is 8.20. The summed E-state index contributed by atoms with van der Waals surface area (Å²) in [5, 5.41) is 0. The third-order valence-corrected chi connectivity index (χ3v) is 4.54. The molecular weight excluding hydrogens is 184 g/mol. The quantitative estimate of drug-likeness (QED) is 0.757. The molecule has 88 valence electrons. The topological polar surface area (TPSA) is 29.3 Å². The van der Waals surface area contributed by atoms with Crippen LogP contribution >= 0.6 is 0 Å². The monoisotopic (exact) mass is 210 g/mol. The number of rotatable bonds is 2. The molecule has 2 rings (SSSR count). The summed E-state index contributed by atoms with van der Waals surface area (Å²) < 4.78 is 0. The Labute approximate surface area is 94.2 Å². The molecule has 1 aliphatic heterocycles. The van der Waals surface area contributed by atoms with Crippen molar-refractivity contribution in [2.45, 2.75) is 51.5 Å². The maximum Gasteiger partial charge on any atom is 0.0334 e. The molecule has 0 amide bonds. The van der Waals surface area contributed by atoms with Crippen LogP contribution in [-0.2, 0) is 0 Å². The van der Waals surface area contributed by atoms with Gasteiger partial charge in [-0.25, -0.2) is 0 Å². The molecule has 3 unspecified atom stereocenters. The van der Waals surface area contributed by atoms with Crippen molar-refractivity contribution in [3.8, 4) is 0 Å². The van der Waals surface area contributed by atoms with Crippen LogP contribution in [0.4, 0.5) is 0 Å². The van der Waals surface area contributed by atoms with Gasteiger partial charge in [0.15, 0.2) is 0 Å². The molecule has 15 heavy (non-hydrogen) atoms. The van der Waals surface area contributed by atoms with Crippen molar-refractivity contribution < 1.29 is 0 Å². The number of nitrogens with zero attached hydrogens (tertiary/aromatic N) is 1. The highest BCUT2D eigenvalue weighted by molar-refractivity contribution is 4.99. The SMILES string of the molecule is CC1CCCN(C2(CN)CCC(C)C2)C1. The fraction of sp³-hybridized carbons (Fsp3) is 1.00. The molecule has 0 aromatic rings. The fourth-order valence-corrected chi connectivity index (χ4v) is 3.59. The van der Waals surface area contributed by atoms with Crippen molar-refractivity contribution in [2.75, 3.05) is 19.6 Å². The summed E-state index contributed by atoms with van der Waals surface area (Å²) in [5.41, 5.74) is 6.43. The van der Waals surface area contributed by atoms with Gasteiger partial charge in [0.1, 0.15) is 0 Å². The zero-order chi connectivity index (χ0) is 10.9. The zero-order valence-corrected chi connectivity index (χ0v) is 10.3. The zero-order valence-electron chi connectivity index (χ0n) is 10.3. The lowest BCUT2D eigenvalue weighted by Gasteiger charge is -2.45. The van der Waals surface area contributed by atoms with Gasteiger partial charge in [-0.15, -0.1) is 0 Å². The van der Waals surface area contributed by atoms with Crippen LogP contribution in [0.15, 0.2) is 0 Å². The van der Waals surface area contributed by atoms with Crippen molar-refractivity contribution in [1.29, 1.82) is 0 Å². The lowest BCUT2D eigenvalue weighted by molar-refractivity contribution is 0.0532. The largest absolute Gasteiger partial charge is 0.329 e. The molecule has 2 heteroatoms. The van der Waals surface area contributed by atoms with Crippen LogP contribution in [0, 0.1) is 11.8 Å². The van der Waals surface area contributed by atoms with Crippen molar-refractivity contribution >= 4 is 0 Å². The van der Waals surface area contributed by atoms with Crippen molar-refractivity contribution in [3.05, 3.63) is 0 Å². The number of piperidine rings is 1. The summed E-state index contributed by atoms with van der Waals surface area (Å²) in [5.74, 6) is 1.75. The maximum atomic E-state index is 6.07. The van der Waals surface area contributed by atoms with E-state index in [0.29, 0.717) is 5.54 Å². The molecule has 0 spiro atoms. The highest BCUT2D eigenvalue weighted by atomic mass is 15.2. The van der Waals surface area contributed by atoms with Gasteiger partial charge < -0.3 is 5.73 Å². The first-order valence-corrected chi connectivity index (χ1v) is 6.61. The molecule has 1 saturated heterocycles. The molecule has 0 radical (unpaired) electrons. The van der Waals surface area contributed by atoms with Gasteiger partial charge in [0, 0.05) is 18.6 Å². The highest BCUT2D eigenvalue weighted by Crippen LogP contribution is 2.40. The lowest BCUT2D eigenvalue weighted by atomic mass is 9.89. The molecule has 2 N–H and O–H groups in total. The van der Waals surface area contributed by atoms with E-state index in [-0.39, 0.29) is 0 Å². The van der Waals surface area contributed by atoms with Crippen molar-refractivity contribution in [2.24, 2.45) is 17.6 Å². The fourth-order valence-electron chi connectivity index (χ4n) is 3.59. The van der Waals surface area contributed by atoms with E-state index in [1.165, 1.54) is 45.2 Å². The number of hydrogen-bond acceptors (Lipinski definition) is 2. The highest BCUT2D eigenvalue weighted by Gasteiger charge is 2.42. The average molecular weight is 210 g/mol. The minimum absolute atomic E-state index is 0.369. The van der Waals surface area contributed by atoms with Crippen LogP contribution in [0.25, 0.3) is 0 Å². The molecule has 2 fully saturated rings. The second-order valence-electron chi connectivity index (χ2n) is 5.97. The normalized spacial score (nSPS) is 43.4. The number of likely N-dealkylation sites (tertiary alicyclic amines) is 1. The average Bonchev–Trinajstić information content (AvgIpc) is 2.61. The Morgan fingerprint density at radius 2 is 2.07 bits per heavy atom. The molecular formula is C13H26N2. The van der Waals surface area contributed by atoms with E-state index in [0.717, 1.165) is 18.4 Å². The second-order valence-corrected chi connectivity index (χ2v) is 5.97. The Bertz CT molecular complexity index is 217. The summed E-state index contributed by atoms with van der Waals surface area (Å²) in [7, 11) is 0. The van der Waals surface area contributed by atoms with E-state index in [4.69, 9.17) is 5.73 Å². The van der Waals surface area contributed by atoms with E-state index in [2.05, 4.69) is 18.7 Å². The van der Waals surface area contributed by atoms with Crippen molar-refractivity contribution in [1.82, 2.24) is 4.90 Å². The minimum atomic E-state index is 0.369. The Balaban J connectivity index is 2.05. The molecule has 2 aliphatic rings. The van der Waals surface area contributed by atoms with Gasteiger partial charge in [-0.1, -0.05) is 13.8 Å². The third kappa shape index (κ3) is 2.21. The van der Waals surface area contributed by atoms with Gasteiger partial charge in [-0.2, -0.15) is 0 Å². The van der Waals surface area contributed by atoms with Crippen LogP contribution in [0.5, 0.6) is 0 Å². The van der Waals surface area contributed by atoms with Crippen LogP contribution in [0.1, 0.15) is 46.0 Å². The van der Waals surface area contributed by atoms with Gasteiger partial charge >= 0.3 is 0 Å². The lowest BCUT2D eigenvalue weighted by Crippen LogP contribution is -2.55. The smallest absolute Gasteiger partial charge is 0.0334 e. The van der Waals surface area contributed by atoms with E-state index < -0.39 is 0 Å². The Kier molecular flexibility index (Phi) is 3.36. The predicted octanol–water partition coefficient (Wildman–Crippen LogP) is 2.24. The van der Waals surface area contributed by atoms with Crippen molar-refractivity contribution in [3.63, 3.8) is 0 Å². The number of nitrogens with two attached hydrogens (primary N) is 1. The Hall–Kier alpha value is -0.0800. The van der Waals surface area contributed by atoms with Crippen LogP contribution in [-0.4, -0.2) is 30.1 Å². The Morgan fingerprint density at radius 1 is 1.27 bits per heavy atom. The molecule has 1 aliphatic carbocycles. The molecule has 1 heterocycles. The first kappa shape index (κ1) is 11.4. The molecule has 0 bridgehead atoms. The molecule has 2 nitrogen and oxygen atoms in total. The summed E-state index contributed by atoms with van der Waals surface area (Å²) in [6.07, 6.45) is 6.82. The molecule has 0 aromatic heterocycles. The maximum absolute atomic E-state index is 6.07. The standard InChI is InChI=1S/C13H26N2/c1-11-5-6-13(8-11,10-14)15-7-3-4-12(2)9-15/h11-12H,3-10,14H2,1-2H3. The van der Waals surface area contributed by atoms with Crippen LogP contribution in [0.3, 0.4) is 0 Å². The minimum Gasteiger partial charge on any atom is -0.329 e. The van der Waals surface area contributed by atoms with Crippen LogP contribution in [0.2, 0.25) is 0 Å². The molecule has 1 saturated carbocycles. The Morgan fingerprint density at radius 3 is 2.60 bits per heavy atom. The summed E-state index contributed by atoms with van der Waals surface area (Å²) >= 11 is 0. The van der Waals surface area contributed by atoms with Gasteiger partial charge in [0.2, 0.25) is 0 Å². The summed E-state index contributed by atoms with van der Waals surface area (Å²) in [6, 6.07) is 0. The second kappa shape index (κ2) is 4.42. The van der Waals surface area contributed by atoms with Gasteiger partial charge in [-0.05, 0) is 50.5 Å². The van der Waals surface area contributed by atoms with Gasteiger partial charge in [0.05, 0.1) is 0 Å². The first-order chi connectivity index (χ1) is 7.16. The predicted molar refractivity (Wildman–Crippen MR) is 64.8 cm³/mol. The van der Waals surface area contributed by atoms with Gasteiger partial charge in [0.25, 0.3) is 0 Å². The van der Waals surface area contributed by atoms with Gasteiger partial charge in [-0.3, -0.25) is 4.90 Å². The van der Waals surface area contributed by atoms with E-state index >= 15 is 0 Å². The van der Waals surface area contributed by atoms with E-state index in [1.54, 1.807) is 0 Å². The molecule has 3 atom stereocenters. The van der Waals surface area contributed by atoms with E-state index in [1.807, 2.05) is 0 Å². The van der Waals surface area contributed by atoms with Crippen LogP contribution < -0.4 is 5.73 Å². The number of hydrogen-bond donors (Lipinski definition) is 1. The van der Waals surface area contributed by atoms with E-state index in [9.17, 15) is 0 Å². The first-order valence-electron chi connectivity index (χ1n) is 6.61. The summed E-state index contributed by atoms with van der Waals surface area (Å²) in [4.78, 5) is 2.71.